The number of nitrogens with one attached hydrogen (secondary N) is 2. The smallest absolute Gasteiger partial charge is 0.281 e. The Hall–Kier alpha value is -2.95. The van der Waals surface area contributed by atoms with Gasteiger partial charge in [-0.05, 0) is 75.4 Å². The lowest BCUT2D eigenvalue weighted by Crippen LogP contribution is -2.41. The van der Waals surface area contributed by atoms with Crippen LogP contribution in [0.4, 0.5) is 11.6 Å². The van der Waals surface area contributed by atoms with Crippen LogP contribution in [0, 0.1) is 5.92 Å². The van der Waals surface area contributed by atoms with Crippen molar-refractivity contribution in [3.05, 3.63) is 70.6 Å². The van der Waals surface area contributed by atoms with Crippen molar-refractivity contribution in [3.8, 4) is 0 Å². The summed E-state index contributed by atoms with van der Waals surface area (Å²) in [7, 11) is -4.27. The highest BCUT2D eigenvalue weighted by molar-refractivity contribution is 7.90. The lowest BCUT2D eigenvalue weighted by Gasteiger charge is -2.34. The highest BCUT2D eigenvalue weighted by Crippen LogP contribution is 2.41. The summed E-state index contributed by atoms with van der Waals surface area (Å²) in [6.07, 6.45) is 4.13. The van der Waals surface area contributed by atoms with E-state index < -0.39 is 15.9 Å². The van der Waals surface area contributed by atoms with E-state index in [2.05, 4.69) is 59.5 Å². The summed E-state index contributed by atoms with van der Waals surface area (Å²) in [6.45, 7) is 11.2. The molecule has 3 aromatic rings. The van der Waals surface area contributed by atoms with Crippen LogP contribution in [0.3, 0.4) is 0 Å². The number of hydrogen-bond donors (Lipinski definition) is 2. The van der Waals surface area contributed by atoms with Crippen molar-refractivity contribution in [1.29, 1.82) is 0 Å². The number of amides is 1. The van der Waals surface area contributed by atoms with Crippen molar-refractivity contribution in [1.82, 2.24) is 19.7 Å². The largest absolute Gasteiger partial charge is 0.362 e. The van der Waals surface area contributed by atoms with E-state index in [1.165, 1.54) is 6.07 Å². The molecule has 1 unspecified atom stereocenters. The van der Waals surface area contributed by atoms with Gasteiger partial charge in [-0.15, -0.1) is 12.4 Å². The lowest BCUT2D eigenvalue weighted by atomic mass is 9.90. The van der Waals surface area contributed by atoms with Crippen molar-refractivity contribution in [2.75, 3.05) is 16.8 Å². The van der Waals surface area contributed by atoms with Crippen molar-refractivity contribution >= 4 is 51.6 Å². The Balaban J connectivity index is 0.00000387. The normalized spacial score (nSPS) is 21.8. The highest BCUT2D eigenvalue weighted by atomic mass is 35.5. The average molecular weight is 620 g/mol. The van der Waals surface area contributed by atoms with Gasteiger partial charge in [-0.1, -0.05) is 38.4 Å². The van der Waals surface area contributed by atoms with Gasteiger partial charge in [0.15, 0.2) is 5.03 Å². The number of fused-ring (bicyclic) bond motifs is 6. The van der Waals surface area contributed by atoms with Crippen molar-refractivity contribution in [2.45, 2.75) is 75.9 Å². The van der Waals surface area contributed by atoms with Crippen molar-refractivity contribution in [2.24, 2.45) is 5.92 Å². The van der Waals surface area contributed by atoms with Gasteiger partial charge in [0, 0.05) is 34.4 Å². The van der Waals surface area contributed by atoms with E-state index in [4.69, 9.17) is 16.6 Å². The molecular formula is C29H36Cl2N6O3S. The first-order valence-corrected chi connectivity index (χ1v) is 15.3. The van der Waals surface area contributed by atoms with Crippen molar-refractivity contribution in [3.63, 3.8) is 0 Å². The Bertz CT molecular complexity index is 1560. The maximum absolute atomic E-state index is 13.5. The molecule has 1 amide bonds. The van der Waals surface area contributed by atoms with E-state index in [9.17, 15) is 13.2 Å². The number of carbonyl (C=O) groups is 1. The molecule has 1 fully saturated rings. The zero-order chi connectivity index (χ0) is 28.9. The SMILES string of the molecule is CC(C)(C)c1ccc2c(n1)N1C[C@@H](CCC(c3cc(Cl)ccn3)Nc3cccc(n3)S(=O)(=O)NC2=O)CC1(C)C.Cl. The molecule has 5 rings (SSSR count). The van der Waals surface area contributed by atoms with E-state index in [0.29, 0.717) is 29.1 Å². The summed E-state index contributed by atoms with van der Waals surface area (Å²) < 4.78 is 28.9. The van der Waals surface area contributed by atoms with Crippen LogP contribution in [-0.2, 0) is 15.4 Å². The Morgan fingerprint density at radius 1 is 1.07 bits per heavy atom. The van der Waals surface area contributed by atoms with Crippen LogP contribution in [-0.4, -0.2) is 41.4 Å². The minimum Gasteiger partial charge on any atom is -0.362 e. The minimum atomic E-state index is -4.27. The number of carbonyl (C=O) groups excluding carboxylic acids is 1. The number of anilines is 2. The van der Waals surface area contributed by atoms with Crippen LogP contribution in [0.2, 0.25) is 5.02 Å². The molecule has 0 spiro atoms. The molecule has 0 aliphatic carbocycles. The number of rotatable bonds is 1. The Morgan fingerprint density at radius 3 is 2.54 bits per heavy atom. The second-order valence-corrected chi connectivity index (χ2v) is 14.3. The molecule has 2 aliphatic heterocycles. The molecule has 2 aliphatic rings. The quantitative estimate of drug-likeness (QED) is 0.345. The minimum absolute atomic E-state index is 0. The first kappa shape index (κ1) is 31.0. The molecule has 4 bridgehead atoms. The number of sulfonamides is 1. The van der Waals surface area contributed by atoms with Gasteiger partial charge in [-0.2, -0.15) is 8.42 Å². The molecule has 2 atom stereocenters. The fourth-order valence-corrected chi connectivity index (χ4v) is 6.67. The number of halogens is 2. The Morgan fingerprint density at radius 2 is 1.83 bits per heavy atom. The Kier molecular flexibility index (Phi) is 8.60. The zero-order valence-electron chi connectivity index (χ0n) is 23.8. The third kappa shape index (κ3) is 6.60. The molecule has 9 nitrogen and oxygen atoms in total. The zero-order valence-corrected chi connectivity index (χ0v) is 26.2. The first-order valence-electron chi connectivity index (χ1n) is 13.4. The van der Waals surface area contributed by atoms with Crippen LogP contribution >= 0.6 is 24.0 Å². The van der Waals surface area contributed by atoms with Crippen LogP contribution in [0.1, 0.15) is 81.7 Å². The predicted molar refractivity (Wildman–Crippen MR) is 163 cm³/mol. The second kappa shape index (κ2) is 11.4. The average Bonchev–Trinajstić information content (AvgIpc) is 3.18. The molecule has 0 radical (unpaired) electrons. The molecule has 41 heavy (non-hydrogen) atoms. The van der Waals surface area contributed by atoms with E-state index in [0.717, 1.165) is 30.7 Å². The second-order valence-electron chi connectivity index (χ2n) is 12.3. The van der Waals surface area contributed by atoms with Crippen LogP contribution < -0.4 is 14.9 Å². The maximum Gasteiger partial charge on any atom is 0.281 e. The monoisotopic (exact) mass is 618 g/mol. The standard InChI is InChI=1S/C29H35ClN6O3S.ClH/c1-28(2,3)23-12-10-20-26(33-23)36-17-18(16-29(36,4)5)9-11-21(22-15-19(30)13-14-31-22)32-24-7-6-8-25(34-24)40(38,39)35-27(20)37;/h6-8,10,12-15,18,21H,9,11,16-17H2,1-5H3,(H,32,34)(H,35,37);1H/t18-,21?;/m0./s1. The molecule has 3 aromatic heterocycles. The topological polar surface area (TPSA) is 117 Å². The molecule has 0 saturated carbocycles. The lowest BCUT2D eigenvalue weighted by molar-refractivity contribution is 0.0981. The number of nitrogens with zero attached hydrogens (tertiary/aromatic N) is 4. The molecule has 1 saturated heterocycles. The van der Waals surface area contributed by atoms with Gasteiger partial charge in [-0.3, -0.25) is 9.78 Å². The summed E-state index contributed by atoms with van der Waals surface area (Å²) in [5.74, 6) is 0.429. The number of pyridine rings is 3. The van der Waals surface area contributed by atoms with Gasteiger partial charge < -0.3 is 10.2 Å². The first-order chi connectivity index (χ1) is 18.7. The molecule has 220 valence electrons. The molecule has 5 heterocycles. The molecule has 0 aromatic carbocycles. The van der Waals surface area contributed by atoms with Crippen LogP contribution in [0.15, 0.2) is 53.7 Å². The fourth-order valence-electron chi connectivity index (χ4n) is 5.56. The maximum atomic E-state index is 13.5. The molecule has 2 N–H and O–H groups in total. The van der Waals surface area contributed by atoms with Crippen LogP contribution in [0.25, 0.3) is 0 Å². The van der Waals surface area contributed by atoms with Gasteiger partial charge in [0.2, 0.25) is 0 Å². The highest BCUT2D eigenvalue weighted by Gasteiger charge is 2.41. The Labute approximate surface area is 253 Å². The van der Waals surface area contributed by atoms with Gasteiger partial charge in [0.1, 0.15) is 11.6 Å². The summed E-state index contributed by atoms with van der Waals surface area (Å²) in [4.78, 5) is 29.6. The fraction of sp³-hybridized carbons (Fsp3) is 0.448. The molecule has 12 heteroatoms. The van der Waals surface area contributed by atoms with Crippen LogP contribution in [0.5, 0.6) is 0 Å². The van der Waals surface area contributed by atoms with Gasteiger partial charge >= 0.3 is 0 Å². The van der Waals surface area contributed by atoms with Crippen molar-refractivity contribution < 1.29 is 13.2 Å². The van der Waals surface area contributed by atoms with E-state index in [1.807, 2.05) is 6.07 Å². The third-order valence-corrected chi connectivity index (χ3v) is 9.08. The predicted octanol–water partition coefficient (Wildman–Crippen LogP) is 5.91. The number of hydrogen-bond acceptors (Lipinski definition) is 8. The van der Waals surface area contributed by atoms with Gasteiger partial charge in [-0.25, -0.2) is 14.7 Å². The summed E-state index contributed by atoms with van der Waals surface area (Å²) in [6, 6.07) is 11.4. The van der Waals surface area contributed by atoms with E-state index >= 15 is 0 Å². The summed E-state index contributed by atoms with van der Waals surface area (Å²) >= 11 is 6.30. The third-order valence-electron chi connectivity index (χ3n) is 7.62. The molecular weight excluding hydrogens is 583 g/mol. The van der Waals surface area contributed by atoms with Gasteiger partial charge in [0.05, 0.1) is 17.3 Å². The summed E-state index contributed by atoms with van der Waals surface area (Å²) in [5.41, 5.74) is 1.23. The van der Waals surface area contributed by atoms with E-state index in [1.54, 1.807) is 36.5 Å². The van der Waals surface area contributed by atoms with E-state index in [-0.39, 0.29) is 40.0 Å². The number of aromatic nitrogens is 3. The van der Waals surface area contributed by atoms with Gasteiger partial charge in [0.25, 0.3) is 15.9 Å². The summed E-state index contributed by atoms with van der Waals surface area (Å²) in [5, 5.41) is 3.67.